The number of ether oxygens (including phenoxy) is 1. The van der Waals surface area contributed by atoms with Crippen molar-refractivity contribution >= 4 is 0 Å². The molecular formula is C22H17FN4O2. The molecule has 3 heterocycles. The van der Waals surface area contributed by atoms with Gasteiger partial charge in [0.25, 0.3) is 5.56 Å². The summed E-state index contributed by atoms with van der Waals surface area (Å²) in [4.78, 5) is 21.8. The zero-order chi connectivity index (χ0) is 19.8. The van der Waals surface area contributed by atoms with E-state index in [1.165, 1.54) is 12.1 Å². The van der Waals surface area contributed by atoms with Gasteiger partial charge >= 0.3 is 6.01 Å². The Morgan fingerprint density at radius 3 is 2.48 bits per heavy atom. The van der Waals surface area contributed by atoms with Crippen LogP contribution in [0.25, 0.3) is 22.5 Å². The Morgan fingerprint density at radius 1 is 0.931 bits per heavy atom. The molecule has 7 heteroatoms. The molecule has 1 aliphatic heterocycles. The first-order chi connectivity index (χ1) is 14.2. The van der Waals surface area contributed by atoms with Gasteiger partial charge in [0.05, 0.1) is 17.0 Å². The molecule has 2 aromatic heterocycles. The second kappa shape index (κ2) is 7.01. The van der Waals surface area contributed by atoms with Crippen LogP contribution in [0.3, 0.4) is 0 Å². The molecule has 2 aromatic carbocycles. The van der Waals surface area contributed by atoms with Crippen molar-refractivity contribution in [1.29, 1.82) is 0 Å². The fourth-order valence-electron chi connectivity index (χ4n) is 3.67. The molecule has 144 valence electrons. The van der Waals surface area contributed by atoms with Crippen LogP contribution in [0.4, 0.5) is 4.39 Å². The third-order valence-electron chi connectivity index (χ3n) is 4.94. The fraction of sp³-hybridized carbons (Fsp3) is 0.136. The van der Waals surface area contributed by atoms with Crippen LogP contribution >= 0.6 is 0 Å². The lowest BCUT2D eigenvalue weighted by molar-refractivity contribution is 0.442. The minimum atomic E-state index is -0.345. The molecule has 0 aliphatic carbocycles. The molecular weight excluding hydrogens is 371 g/mol. The van der Waals surface area contributed by atoms with Gasteiger partial charge in [-0.15, -0.1) is 0 Å². The SMILES string of the molecule is O=c1c(-c2ccc(F)cc2)c(-c2ccnc(Oc3ccccc3)n2)n2n1CCC2. The minimum Gasteiger partial charge on any atom is -0.424 e. The monoisotopic (exact) mass is 388 g/mol. The van der Waals surface area contributed by atoms with Crippen molar-refractivity contribution in [1.82, 2.24) is 19.3 Å². The fourth-order valence-corrected chi connectivity index (χ4v) is 3.67. The average Bonchev–Trinajstić information content (AvgIpc) is 3.32. The third-order valence-corrected chi connectivity index (χ3v) is 4.94. The van der Waals surface area contributed by atoms with Crippen LogP contribution < -0.4 is 10.3 Å². The lowest BCUT2D eigenvalue weighted by atomic mass is 10.0. The number of nitrogens with zero attached hydrogens (tertiary/aromatic N) is 4. The molecule has 29 heavy (non-hydrogen) atoms. The second-order valence-electron chi connectivity index (χ2n) is 6.78. The Bertz CT molecular complexity index is 1230. The summed E-state index contributed by atoms with van der Waals surface area (Å²) in [6, 6.07) is 17.2. The van der Waals surface area contributed by atoms with Crippen molar-refractivity contribution in [3.05, 3.63) is 83.0 Å². The van der Waals surface area contributed by atoms with Crippen LogP contribution in [0.1, 0.15) is 6.42 Å². The van der Waals surface area contributed by atoms with Gasteiger partial charge < -0.3 is 4.74 Å². The first kappa shape index (κ1) is 17.4. The number of para-hydroxylation sites is 1. The number of hydrogen-bond donors (Lipinski definition) is 0. The van der Waals surface area contributed by atoms with Crippen molar-refractivity contribution in [2.45, 2.75) is 19.5 Å². The summed E-state index contributed by atoms with van der Waals surface area (Å²) >= 11 is 0. The van der Waals surface area contributed by atoms with Gasteiger partial charge in [-0.25, -0.2) is 14.1 Å². The maximum Gasteiger partial charge on any atom is 0.322 e. The quantitative estimate of drug-likeness (QED) is 0.528. The highest BCUT2D eigenvalue weighted by atomic mass is 19.1. The Kier molecular flexibility index (Phi) is 4.20. The van der Waals surface area contributed by atoms with Crippen LogP contribution in [0.15, 0.2) is 71.7 Å². The Hall–Kier alpha value is -3.74. The molecule has 5 rings (SSSR count). The van der Waals surface area contributed by atoms with Gasteiger partial charge in [-0.1, -0.05) is 30.3 Å². The molecule has 0 spiro atoms. The molecule has 0 unspecified atom stereocenters. The summed E-state index contributed by atoms with van der Waals surface area (Å²) in [5.74, 6) is 0.283. The molecule has 0 amide bonds. The minimum absolute atomic E-state index is 0.103. The Balaban J connectivity index is 1.65. The van der Waals surface area contributed by atoms with Crippen molar-refractivity contribution < 1.29 is 9.13 Å². The highest BCUT2D eigenvalue weighted by molar-refractivity contribution is 5.79. The van der Waals surface area contributed by atoms with E-state index in [1.54, 1.807) is 29.1 Å². The van der Waals surface area contributed by atoms with Crippen LogP contribution in [0.5, 0.6) is 11.8 Å². The van der Waals surface area contributed by atoms with Gasteiger partial charge in [0.15, 0.2) is 0 Å². The van der Waals surface area contributed by atoms with Gasteiger partial charge in [-0.2, -0.15) is 4.98 Å². The maximum absolute atomic E-state index is 13.4. The normalized spacial score (nSPS) is 12.7. The molecule has 0 saturated heterocycles. The zero-order valence-corrected chi connectivity index (χ0v) is 15.5. The van der Waals surface area contributed by atoms with Gasteiger partial charge in [-0.05, 0) is 42.3 Å². The summed E-state index contributed by atoms with van der Waals surface area (Å²) < 4.78 is 22.8. The van der Waals surface area contributed by atoms with E-state index in [0.29, 0.717) is 41.4 Å². The van der Waals surface area contributed by atoms with Gasteiger partial charge in [0, 0.05) is 19.3 Å². The van der Waals surface area contributed by atoms with Crippen LogP contribution in [-0.4, -0.2) is 19.3 Å². The summed E-state index contributed by atoms with van der Waals surface area (Å²) in [5, 5.41) is 0. The van der Waals surface area contributed by atoms with Gasteiger partial charge in [0.2, 0.25) is 0 Å². The summed E-state index contributed by atoms with van der Waals surface area (Å²) in [6.07, 6.45) is 2.49. The van der Waals surface area contributed by atoms with E-state index in [4.69, 9.17) is 4.74 Å². The maximum atomic E-state index is 13.4. The molecule has 0 N–H and O–H groups in total. The van der Waals surface area contributed by atoms with E-state index in [0.717, 1.165) is 6.42 Å². The summed E-state index contributed by atoms with van der Waals surface area (Å²) in [6.45, 7) is 1.36. The predicted octanol–water partition coefficient (Wildman–Crippen LogP) is 4.11. The highest BCUT2D eigenvalue weighted by Crippen LogP contribution is 2.32. The van der Waals surface area contributed by atoms with Crippen molar-refractivity contribution in [2.24, 2.45) is 0 Å². The molecule has 6 nitrogen and oxygen atoms in total. The Labute approximate surface area is 165 Å². The predicted molar refractivity (Wildman–Crippen MR) is 106 cm³/mol. The number of halogens is 1. The smallest absolute Gasteiger partial charge is 0.322 e. The lowest BCUT2D eigenvalue weighted by Gasteiger charge is -2.09. The lowest BCUT2D eigenvalue weighted by Crippen LogP contribution is -2.17. The standard InChI is InChI=1S/C22H17FN4O2/c23-16-9-7-15(8-10-16)19-20(26-13-4-14-27(26)21(19)28)18-11-12-24-22(25-18)29-17-5-2-1-3-6-17/h1-3,5-12H,4,13-14H2. The van der Waals surface area contributed by atoms with Crippen molar-refractivity contribution in [2.75, 3.05) is 0 Å². The van der Waals surface area contributed by atoms with E-state index in [1.807, 2.05) is 35.0 Å². The number of rotatable bonds is 4. The summed E-state index contributed by atoms with van der Waals surface area (Å²) in [5.41, 5.74) is 2.34. The van der Waals surface area contributed by atoms with E-state index in [-0.39, 0.29) is 17.4 Å². The number of aromatic nitrogens is 4. The first-order valence-corrected chi connectivity index (χ1v) is 9.36. The largest absolute Gasteiger partial charge is 0.424 e. The highest BCUT2D eigenvalue weighted by Gasteiger charge is 2.26. The van der Waals surface area contributed by atoms with E-state index < -0.39 is 0 Å². The zero-order valence-electron chi connectivity index (χ0n) is 15.5. The van der Waals surface area contributed by atoms with Gasteiger partial charge in [0.1, 0.15) is 11.6 Å². The van der Waals surface area contributed by atoms with E-state index in [2.05, 4.69) is 9.97 Å². The van der Waals surface area contributed by atoms with E-state index in [9.17, 15) is 9.18 Å². The average molecular weight is 388 g/mol. The molecule has 4 aromatic rings. The molecule has 0 atom stereocenters. The topological polar surface area (TPSA) is 61.9 Å². The Morgan fingerprint density at radius 2 is 1.69 bits per heavy atom. The number of hydrogen-bond acceptors (Lipinski definition) is 4. The van der Waals surface area contributed by atoms with Crippen LogP contribution in [-0.2, 0) is 13.1 Å². The van der Waals surface area contributed by atoms with Crippen LogP contribution in [0.2, 0.25) is 0 Å². The number of fused-ring (bicyclic) bond motifs is 1. The van der Waals surface area contributed by atoms with Crippen LogP contribution in [0, 0.1) is 5.82 Å². The molecule has 0 saturated carbocycles. The number of benzene rings is 2. The molecule has 0 bridgehead atoms. The molecule has 0 radical (unpaired) electrons. The summed E-state index contributed by atoms with van der Waals surface area (Å²) in [7, 11) is 0. The van der Waals surface area contributed by atoms with Crippen molar-refractivity contribution in [3.8, 4) is 34.3 Å². The van der Waals surface area contributed by atoms with Gasteiger partial charge in [-0.3, -0.25) is 9.48 Å². The van der Waals surface area contributed by atoms with E-state index >= 15 is 0 Å². The molecule has 0 fully saturated rings. The first-order valence-electron chi connectivity index (χ1n) is 9.36. The molecule has 1 aliphatic rings. The second-order valence-corrected chi connectivity index (χ2v) is 6.78. The van der Waals surface area contributed by atoms with Crippen molar-refractivity contribution in [3.63, 3.8) is 0 Å². The third kappa shape index (κ3) is 3.10.